The minimum Gasteiger partial charge on any atom is -0.312 e. The third-order valence-electron chi connectivity index (χ3n) is 2.79. The number of aromatic nitrogens is 2. The predicted molar refractivity (Wildman–Crippen MR) is 76.6 cm³/mol. The molecule has 0 bridgehead atoms. The molecule has 2 aromatic rings. The fourth-order valence-electron chi connectivity index (χ4n) is 1.79. The molecule has 1 unspecified atom stereocenters. The van der Waals surface area contributed by atoms with Crippen LogP contribution >= 0.6 is 34.7 Å². The normalized spacial score (nSPS) is 12.7. The van der Waals surface area contributed by atoms with Crippen LogP contribution < -0.4 is 5.32 Å². The summed E-state index contributed by atoms with van der Waals surface area (Å²) in [5.74, 6) is 0. The van der Waals surface area contributed by atoms with Crippen molar-refractivity contribution in [3.05, 3.63) is 44.4 Å². The van der Waals surface area contributed by atoms with Gasteiger partial charge in [0.1, 0.15) is 0 Å². The maximum Gasteiger partial charge on any atom is 0.0772 e. The van der Waals surface area contributed by atoms with E-state index >= 15 is 0 Å². The molecule has 2 rings (SSSR count). The molecule has 18 heavy (non-hydrogen) atoms. The SMILES string of the molecule is CNC(Cc1ccc(Cl)cc1Cl)c1snnc1C. The van der Waals surface area contributed by atoms with E-state index in [0.29, 0.717) is 10.0 Å². The van der Waals surface area contributed by atoms with Crippen LogP contribution in [0.2, 0.25) is 10.0 Å². The molecule has 6 heteroatoms. The van der Waals surface area contributed by atoms with Gasteiger partial charge in [-0.05, 0) is 49.6 Å². The van der Waals surface area contributed by atoms with Gasteiger partial charge < -0.3 is 5.32 Å². The van der Waals surface area contributed by atoms with E-state index in [2.05, 4.69) is 14.9 Å². The van der Waals surface area contributed by atoms with Gasteiger partial charge in [-0.3, -0.25) is 0 Å². The van der Waals surface area contributed by atoms with Crippen LogP contribution in [-0.4, -0.2) is 16.6 Å². The van der Waals surface area contributed by atoms with Crippen LogP contribution in [0.5, 0.6) is 0 Å². The highest BCUT2D eigenvalue weighted by Gasteiger charge is 2.17. The second kappa shape index (κ2) is 5.97. The van der Waals surface area contributed by atoms with Crippen LogP contribution in [0, 0.1) is 6.92 Å². The van der Waals surface area contributed by atoms with Crippen molar-refractivity contribution in [1.29, 1.82) is 0 Å². The highest BCUT2D eigenvalue weighted by molar-refractivity contribution is 7.05. The first-order chi connectivity index (χ1) is 8.61. The van der Waals surface area contributed by atoms with E-state index < -0.39 is 0 Å². The number of likely N-dealkylation sites (N-methyl/N-ethyl adjacent to an activating group) is 1. The van der Waals surface area contributed by atoms with Gasteiger partial charge in [-0.25, -0.2) is 0 Å². The summed E-state index contributed by atoms with van der Waals surface area (Å²) in [4.78, 5) is 1.14. The molecule has 0 saturated heterocycles. The van der Waals surface area contributed by atoms with Crippen molar-refractivity contribution >= 4 is 34.7 Å². The molecule has 1 aromatic carbocycles. The predicted octanol–water partition coefficient (Wildman–Crippen LogP) is 3.66. The standard InChI is InChI=1S/C12H13Cl2N3S/c1-7-12(18-17-16-7)11(15-2)5-8-3-4-9(13)6-10(8)14/h3-4,6,11,15H,5H2,1-2H3. The molecule has 96 valence electrons. The molecule has 0 aliphatic carbocycles. The van der Waals surface area contributed by atoms with Crippen molar-refractivity contribution in [2.75, 3.05) is 7.05 Å². The topological polar surface area (TPSA) is 37.8 Å². The molecule has 1 atom stereocenters. The van der Waals surface area contributed by atoms with Crippen LogP contribution in [0.3, 0.4) is 0 Å². The number of rotatable bonds is 4. The Morgan fingerprint density at radius 3 is 2.72 bits per heavy atom. The van der Waals surface area contributed by atoms with Crippen molar-refractivity contribution in [2.24, 2.45) is 0 Å². The quantitative estimate of drug-likeness (QED) is 0.936. The lowest BCUT2D eigenvalue weighted by Crippen LogP contribution is -2.18. The highest BCUT2D eigenvalue weighted by atomic mass is 35.5. The van der Waals surface area contributed by atoms with Gasteiger partial charge in [0.05, 0.1) is 10.6 Å². The molecule has 3 nitrogen and oxygen atoms in total. The zero-order chi connectivity index (χ0) is 13.1. The van der Waals surface area contributed by atoms with E-state index in [-0.39, 0.29) is 6.04 Å². The van der Waals surface area contributed by atoms with Gasteiger partial charge in [-0.1, -0.05) is 33.8 Å². The first-order valence-corrected chi connectivity index (χ1v) is 7.04. The van der Waals surface area contributed by atoms with E-state index in [1.54, 1.807) is 6.07 Å². The van der Waals surface area contributed by atoms with E-state index in [4.69, 9.17) is 23.2 Å². The van der Waals surface area contributed by atoms with Crippen LogP contribution in [0.15, 0.2) is 18.2 Å². The summed E-state index contributed by atoms with van der Waals surface area (Å²) in [5, 5.41) is 8.66. The summed E-state index contributed by atoms with van der Waals surface area (Å²) in [6, 6.07) is 5.75. The zero-order valence-electron chi connectivity index (χ0n) is 10.1. The lowest BCUT2D eigenvalue weighted by atomic mass is 10.0. The van der Waals surface area contributed by atoms with Crippen LogP contribution in [0.25, 0.3) is 0 Å². The summed E-state index contributed by atoms with van der Waals surface area (Å²) >= 11 is 13.5. The van der Waals surface area contributed by atoms with Gasteiger partial charge in [0, 0.05) is 16.1 Å². The molecule has 0 saturated carbocycles. The number of benzene rings is 1. The Labute approximate surface area is 120 Å². The Bertz CT molecular complexity index is 542. The Balaban J connectivity index is 2.23. The smallest absolute Gasteiger partial charge is 0.0772 e. The second-order valence-corrected chi connectivity index (χ2v) is 5.63. The van der Waals surface area contributed by atoms with Gasteiger partial charge in [0.2, 0.25) is 0 Å². The Morgan fingerprint density at radius 1 is 1.39 bits per heavy atom. The highest BCUT2D eigenvalue weighted by Crippen LogP contribution is 2.28. The first-order valence-electron chi connectivity index (χ1n) is 5.52. The van der Waals surface area contributed by atoms with E-state index in [1.807, 2.05) is 26.1 Å². The molecule has 0 amide bonds. The molecule has 0 aliphatic rings. The second-order valence-electron chi connectivity index (χ2n) is 4.00. The molecular weight excluding hydrogens is 289 g/mol. The third kappa shape index (κ3) is 3.01. The van der Waals surface area contributed by atoms with Crippen LogP contribution in [0.1, 0.15) is 22.2 Å². The molecule has 0 radical (unpaired) electrons. The number of nitrogens with zero attached hydrogens (tertiary/aromatic N) is 2. The average molecular weight is 302 g/mol. The van der Waals surface area contributed by atoms with E-state index in [9.17, 15) is 0 Å². The van der Waals surface area contributed by atoms with E-state index in [0.717, 1.165) is 22.6 Å². The number of hydrogen-bond acceptors (Lipinski definition) is 4. The average Bonchev–Trinajstić information content (AvgIpc) is 2.75. The third-order valence-corrected chi connectivity index (χ3v) is 4.32. The molecule has 1 heterocycles. The van der Waals surface area contributed by atoms with E-state index in [1.165, 1.54) is 11.5 Å². The molecule has 0 spiro atoms. The van der Waals surface area contributed by atoms with Crippen LogP contribution in [0.4, 0.5) is 0 Å². The van der Waals surface area contributed by atoms with Gasteiger partial charge in [0.15, 0.2) is 0 Å². The number of aryl methyl sites for hydroxylation is 1. The Kier molecular flexibility index (Phi) is 4.56. The van der Waals surface area contributed by atoms with Crippen molar-refractivity contribution in [3.8, 4) is 0 Å². The lowest BCUT2D eigenvalue weighted by Gasteiger charge is -2.15. The molecule has 0 fully saturated rings. The summed E-state index contributed by atoms with van der Waals surface area (Å²) in [5.41, 5.74) is 2.03. The van der Waals surface area contributed by atoms with Crippen molar-refractivity contribution in [1.82, 2.24) is 14.9 Å². The van der Waals surface area contributed by atoms with Gasteiger partial charge >= 0.3 is 0 Å². The summed E-state index contributed by atoms with van der Waals surface area (Å²) in [6.45, 7) is 1.96. The fourth-order valence-corrected chi connectivity index (χ4v) is 3.03. The number of halogens is 2. The van der Waals surface area contributed by atoms with Crippen LogP contribution in [-0.2, 0) is 6.42 Å². The number of hydrogen-bond donors (Lipinski definition) is 1. The monoisotopic (exact) mass is 301 g/mol. The maximum absolute atomic E-state index is 6.19. The Hall–Kier alpha value is -0.680. The van der Waals surface area contributed by atoms with Gasteiger partial charge in [-0.2, -0.15) is 0 Å². The summed E-state index contributed by atoms with van der Waals surface area (Å²) in [6.07, 6.45) is 0.789. The molecular formula is C12H13Cl2N3S. The van der Waals surface area contributed by atoms with Crippen molar-refractivity contribution < 1.29 is 0 Å². The van der Waals surface area contributed by atoms with Gasteiger partial charge in [0.25, 0.3) is 0 Å². The minimum absolute atomic E-state index is 0.170. The summed E-state index contributed by atoms with van der Waals surface area (Å²) in [7, 11) is 1.92. The van der Waals surface area contributed by atoms with Crippen molar-refractivity contribution in [2.45, 2.75) is 19.4 Å². The fraction of sp³-hybridized carbons (Fsp3) is 0.333. The first kappa shape index (κ1) is 13.7. The van der Waals surface area contributed by atoms with Gasteiger partial charge in [-0.15, -0.1) is 5.10 Å². The summed E-state index contributed by atoms with van der Waals surface area (Å²) < 4.78 is 3.97. The number of nitrogens with one attached hydrogen (secondary N) is 1. The molecule has 1 aromatic heterocycles. The maximum atomic E-state index is 6.19. The zero-order valence-corrected chi connectivity index (χ0v) is 12.4. The lowest BCUT2D eigenvalue weighted by molar-refractivity contribution is 0.598. The molecule has 1 N–H and O–H groups in total. The largest absolute Gasteiger partial charge is 0.312 e. The Morgan fingerprint density at radius 2 is 2.17 bits per heavy atom. The minimum atomic E-state index is 0.170. The molecule has 0 aliphatic heterocycles. The van der Waals surface area contributed by atoms with Crippen molar-refractivity contribution in [3.63, 3.8) is 0 Å².